The van der Waals surface area contributed by atoms with Gasteiger partial charge < -0.3 is 4.98 Å². The summed E-state index contributed by atoms with van der Waals surface area (Å²) in [6.07, 6.45) is 1.81. The SMILES string of the molecule is Cc1cc2c(=O)[nH]c(CN(C)Cc3cccc4ncccc34)nc2s1. The van der Waals surface area contributed by atoms with Gasteiger partial charge in [-0.15, -0.1) is 11.3 Å². The highest BCUT2D eigenvalue weighted by atomic mass is 32.1. The van der Waals surface area contributed by atoms with Gasteiger partial charge in [-0.05, 0) is 37.7 Å². The van der Waals surface area contributed by atoms with E-state index in [0.717, 1.165) is 27.2 Å². The third kappa shape index (κ3) is 3.18. The van der Waals surface area contributed by atoms with Crippen LogP contribution in [-0.2, 0) is 13.1 Å². The Hall–Kier alpha value is -2.57. The lowest BCUT2D eigenvalue weighted by Crippen LogP contribution is -2.21. The molecule has 4 rings (SSSR count). The van der Waals surface area contributed by atoms with Crippen LogP contribution in [0.3, 0.4) is 0 Å². The molecule has 126 valence electrons. The van der Waals surface area contributed by atoms with E-state index in [9.17, 15) is 4.79 Å². The smallest absolute Gasteiger partial charge is 0.259 e. The van der Waals surface area contributed by atoms with Crippen molar-refractivity contribution in [3.63, 3.8) is 0 Å². The Balaban J connectivity index is 1.59. The van der Waals surface area contributed by atoms with Crippen LogP contribution in [0.1, 0.15) is 16.3 Å². The summed E-state index contributed by atoms with van der Waals surface area (Å²) in [5, 5.41) is 1.83. The standard InChI is InChI=1S/C19H18N4OS/c1-12-9-15-18(24)21-17(22-19(15)25-12)11-23(2)10-13-5-3-7-16-14(13)6-4-8-20-16/h3-9H,10-11H2,1-2H3,(H,21,22,24). The van der Waals surface area contributed by atoms with Crippen LogP contribution in [0.2, 0.25) is 0 Å². The number of fused-ring (bicyclic) bond motifs is 2. The van der Waals surface area contributed by atoms with Crippen LogP contribution in [-0.4, -0.2) is 26.9 Å². The molecule has 5 nitrogen and oxygen atoms in total. The summed E-state index contributed by atoms with van der Waals surface area (Å²) in [4.78, 5) is 28.2. The number of nitrogens with zero attached hydrogens (tertiary/aromatic N) is 3. The Kier molecular flexibility index (Phi) is 4.07. The third-order valence-electron chi connectivity index (χ3n) is 4.17. The van der Waals surface area contributed by atoms with E-state index in [1.54, 1.807) is 11.3 Å². The number of H-pyrrole nitrogens is 1. The molecule has 0 atom stereocenters. The van der Waals surface area contributed by atoms with Gasteiger partial charge in [0, 0.05) is 23.0 Å². The molecule has 0 aliphatic rings. The molecule has 0 radical (unpaired) electrons. The molecule has 0 saturated heterocycles. The molecule has 6 heteroatoms. The van der Waals surface area contributed by atoms with Gasteiger partial charge in [-0.2, -0.15) is 0 Å². The van der Waals surface area contributed by atoms with Crippen molar-refractivity contribution in [2.24, 2.45) is 0 Å². The van der Waals surface area contributed by atoms with Gasteiger partial charge in [-0.1, -0.05) is 18.2 Å². The quantitative estimate of drug-likeness (QED) is 0.612. The number of rotatable bonds is 4. The molecule has 3 heterocycles. The molecule has 1 aromatic carbocycles. The minimum Gasteiger partial charge on any atom is -0.309 e. The number of aryl methyl sites for hydroxylation is 1. The average molecular weight is 350 g/mol. The van der Waals surface area contributed by atoms with Crippen molar-refractivity contribution in [3.8, 4) is 0 Å². The molecule has 0 fully saturated rings. The van der Waals surface area contributed by atoms with Crippen LogP contribution in [0.5, 0.6) is 0 Å². The van der Waals surface area contributed by atoms with Gasteiger partial charge in [-0.25, -0.2) is 4.98 Å². The maximum atomic E-state index is 12.2. The van der Waals surface area contributed by atoms with E-state index >= 15 is 0 Å². The van der Waals surface area contributed by atoms with Crippen LogP contribution < -0.4 is 5.56 Å². The molecular weight excluding hydrogens is 332 g/mol. The predicted octanol–water partition coefficient (Wildman–Crippen LogP) is 3.47. The second-order valence-corrected chi connectivity index (χ2v) is 7.48. The summed E-state index contributed by atoms with van der Waals surface area (Å²) in [7, 11) is 2.03. The summed E-state index contributed by atoms with van der Waals surface area (Å²) in [5.41, 5.74) is 2.14. The van der Waals surface area contributed by atoms with Gasteiger partial charge in [0.05, 0.1) is 17.4 Å². The van der Waals surface area contributed by atoms with Crippen LogP contribution in [0.15, 0.2) is 47.4 Å². The van der Waals surface area contributed by atoms with Gasteiger partial charge in [0.2, 0.25) is 0 Å². The first-order valence-corrected chi connectivity index (χ1v) is 8.92. The average Bonchev–Trinajstić information content (AvgIpc) is 2.96. The molecule has 0 aliphatic heterocycles. The van der Waals surface area contributed by atoms with E-state index < -0.39 is 0 Å². The highest BCUT2D eigenvalue weighted by molar-refractivity contribution is 7.18. The molecule has 4 aromatic rings. The van der Waals surface area contributed by atoms with Crippen molar-refractivity contribution in [3.05, 3.63) is 69.2 Å². The first-order chi connectivity index (χ1) is 12.1. The lowest BCUT2D eigenvalue weighted by Gasteiger charge is -2.17. The summed E-state index contributed by atoms with van der Waals surface area (Å²) in [6.45, 7) is 3.33. The first-order valence-electron chi connectivity index (χ1n) is 8.10. The fourth-order valence-electron chi connectivity index (χ4n) is 3.08. The zero-order valence-electron chi connectivity index (χ0n) is 14.1. The number of hydrogen-bond acceptors (Lipinski definition) is 5. The lowest BCUT2D eigenvalue weighted by atomic mass is 10.1. The fraction of sp³-hybridized carbons (Fsp3) is 0.211. The second kappa shape index (κ2) is 6.38. The first kappa shape index (κ1) is 15.9. The number of thiophene rings is 1. The fourth-order valence-corrected chi connectivity index (χ4v) is 3.98. The van der Waals surface area contributed by atoms with Crippen molar-refractivity contribution >= 4 is 32.5 Å². The summed E-state index contributed by atoms with van der Waals surface area (Å²) in [5.74, 6) is 0.695. The van der Waals surface area contributed by atoms with Crippen molar-refractivity contribution in [1.29, 1.82) is 0 Å². The summed E-state index contributed by atoms with van der Waals surface area (Å²) < 4.78 is 0. The monoisotopic (exact) mass is 350 g/mol. The second-order valence-electron chi connectivity index (χ2n) is 6.25. The maximum absolute atomic E-state index is 12.2. The Morgan fingerprint density at radius 3 is 2.92 bits per heavy atom. The van der Waals surface area contributed by atoms with Crippen LogP contribution >= 0.6 is 11.3 Å². The Morgan fingerprint density at radius 1 is 1.16 bits per heavy atom. The summed E-state index contributed by atoms with van der Waals surface area (Å²) >= 11 is 1.56. The zero-order chi connectivity index (χ0) is 17.4. The van der Waals surface area contributed by atoms with Gasteiger partial charge in [0.25, 0.3) is 5.56 Å². The molecule has 3 aromatic heterocycles. The number of aromatic nitrogens is 3. The molecule has 25 heavy (non-hydrogen) atoms. The van der Waals surface area contributed by atoms with Crippen LogP contribution in [0.25, 0.3) is 21.1 Å². The van der Waals surface area contributed by atoms with Crippen LogP contribution in [0.4, 0.5) is 0 Å². The molecule has 0 unspecified atom stereocenters. The molecule has 1 N–H and O–H groups in total. The third-order valence-corrected chi connectivity index (χ3v) is 5.11. The lowest BCUT2D eigenvalue weighted by molar-refractivity contribution is 0.312. The zero-order valence-corrected chi connectivity index (χ0v) is 14.9. The highest BCUT2D eigenvalue weighted by Crippen LogP contribution is 2.21. The Labute approximate surface area is 149 Å². The molecule has 0 aliphatic carbocycles. The van der Waals surface area contributed by atoms with Gasteiger partial charge in [0.1, 0.15) is 10.7 Å². The predicted molar refractivity (Wildman–Crippen MR) is 102 cm³/mol. The highest BCUT2D eigenvalue weighted by Gasteiger charge is 2.10. The Morgan fingerprint density at radius 2 is 2.04 bits per heavy atom. The number of aromatic amines is 1. The summed E-state index contributed by atoms with van der Waals surface area (Å²) in [6, 6.07) is 12.1. The van der Waals surface area contributed by atoms with Gasteiger partial charge >= 0.3 is 0 Å². The minimum absolute atomic E-state index is 0.0629. The molecule has 0 saturated carbocycles. The van der Waals surface area contributed by atoms with Crippen LogP contribution in [0, 0.1) is 6.92 Å². The van der Waals surface area contributed by atoms with Gasteiger partial charge in [-0.3, -0.25) is 14.7 Å². The van der Waals surface area contributed by atoms with E-state index in [4.69, 9.17) is 0 Å². The number of pyridine rings is 1. The Bertz CT molecular complexity index is 1110. The van der Waals surface area contributed by atoms with Crippen molar-refractivity contribution in [2.75, 3.05) is 7.05 Å². The van der Waals surface area contributed by atoms with Crippen molar-refractivity contribution < 1.29 is 0 Å². The maximum Gasteiger partial charge on any atom is 0.259 e. The van der Waals surface area contributed by atoms with Crippen molar-refractivity contribution in [2.45, 2.75) is 20.0 Å². The molecule has 0 bridgehead atoms. The van der Waals surface area contributed by atoms with E-state index in [1.807, 2.05) is 44.4 Å². The van der Waals surface area contributed by atoms with E-state index in [1.165, 1.54) is 5.56 Å². The minimum atomic E-state index is -0.0629. The van der Waals surface area contributed by atoms with E-state index in [0.29, 0.717) is 17.8 Å². The number of hydrogen-bond donors (Lipinski definition) is 1. The largest absolute Gasteiger partial charge is 0.309 e. The van der Waals surface area contributed by atoms with E-state index in [2.05, 4.69) is 32.0 Å². The van der Waals surface area contributed by atoms with E-state index in [-0.39, 0.29) is 5.56 Å². The molecular formula is C19H18N4OS. The van der Waals surface area contributed by atoms with Crippen molar-refractivity contribution in [1.82, 2.24) is 19.9 Å². The normalized spacial score (nSPS) is 11.6. The molecule has 0 spiro atoms. The molecule has 0 amide bonds. The topological polar surface area (TPSA) is 61.9 Å². The number of benzene rings is 1. The number of nitrogens with one attached hydrogen (secondary N) is 1. The van der Waals surface area contributed by atoms with Gasteiger partial charge in [0.15, 0.2) is 0 Å².